The lowest BCUT2D eigenvalue weighted by Gasteiger charge is -2.39. The Morgan fingerprint density at radius 2 is 1.89 bits per heavy atom. The van der Waals surface area contributed by atoms with Gasteiger partial charge in [-0.3, -0.25) is 4.79 Å². The van der Waals surface area contributed by atoms with Gasteiger partial charge in [-0.25, -0.2) is 0 Å². The fourth-order valence-corrected chi connectivity index (χ4v) is 5.25. The Labute approximate surface area is 220 Å². The first kappa shape index (κ1) is 25.4. The highest BCUT2D eigenvalue weighted by Crippen LogP contribution is 2.44. The van der Waals surface area contributed by atoms with Gasteiger partial charge in [0.25, 0.3) is 5.91 Å². The maximum atomic E-state index is 12.8. The summed E-state index contributed by atoms with van der Waals surface area (Å²) < 4.78 is 12.0. The molecular formula is C28H29ClN2O6. The van der Waals surface area contributed by atoms with Gasteiger partial charge in [0.2, 0.25) is 0 Å². The number of anilines is 1. The number of ether oxygens (including phenoxy) is 2. The van der Waals surface area contributed by atoms with E-state index in [4.69, 9.17) is 21.1 Å². The number of likely N-dealkylation sites (tertiary alicyclic amines) is 1. The number of nitrogens with one attached hydrogen (secondary N) is 1. The van der Waals surface area contributed by atoms with Crippen LogP contribution in [0, 0.1) is 0 Å². The maximum Gasteiger partial charge on any atom is 0.259 e. The highest BCUT2D eigenvalue weighted by atomic mass is 35.5. The molecule has 2 aliphatic rings. The van der Waals surface area contributed by atoms with Crippen LogP contribution < -0.4 is 10.1 Å². The molecule has 3 aromatic carbocycles. The minimum Gasteiger partial charge on any atom is -0.508 e. The molecule has 1 saturated heterocycles. The number of rotatable bonds is 7. The fraction of sp³-hybridized carbons (Fsp3) is 0.321. The lowest BCUT2D eigenvalue weighted by molar-refractivity contribution is -0.0835. The number of carbonyl (C=O) groups excluding carboxylic acids is 1. The molecule has 0 bridgehead atoms. The SMILES string of the molecule is O=C(Nc1ccccc1O)c1ccc(O)cc1OC[C@@H](O)CN1CCC2(CC1)OCc1cc(Cl)ccc12. The Balaban J connectivity index is 1.17. The number of aliphatic hydroxyl groups excluding tert-OH is 1. The predicted molar refractivity (Wildman–Crippen MR) is 139 cm³/mol. The van der Waals surface area contributed by atoms with Crippen molar-refractivity contribution in [2.75, 3.05) is 31.6 Å². The van der Waals surface area contributed by atoms with Crippen LogP contribution in [0.25, 0.3) is 0 Å². The molecule has 0 aliphatic carbocycles. The van der Waals surface area contributed by atoms with E-state index in [1.807, 2.05) is 12.1 Å². The molecule has 1 spiro atoms. The zero-order valence-electron chi connectivity index (χ0n) is 20.2. The number of fused-ring (bicyclic) bond motifs is 2. The summed E-state index contributed by atoms with van der Waals surface area (Å²) in [6, 6.07) is 16.5. The molecule has 2 aliphatic heterocycles. The number of piperidine rings is 1. The van der Waals surface area contributed by atoms with Gasteiger partial charge in [-0.1, -0.05) is 29.8 Å². The van der Waals surface area contributed by atoms with E-state index in [1.54, 1.807) is 18.2 Å². The number of β-amino-alcohol motifs (C(OH)–C–C–N with tert-alkyl or cyclic N) is 1. The Hall–Kier alpha value is -3.30. The van der Waals surface area contributed by atoms with Gasteiger partial charge in [0, 0.05) is 30.7 Å². The van der Waals surface area contributed by atoms with Gasteiger partial charge in [-0.2, -0.15) is 0 Å². The number of phenols is 2. The van der Waals surface area contributed by atoms with Crippen molar-refractivity contribution < 1.29 is 29.6 Å². The molecule has 1 amide bonds. The summed E-state index contributed by atoms with van der Waals surface area (Å²) in [6.45, 7) is 2.44. The number of hydrogen-bond donors (Lipinski definition) is 4. The van der Waals surface area contributed by atoms with E-state index in [0.29, 0.717) is 18.2 Å². The second-order valence-electron chi connectivity index (χ2n) is 9.50. The Morgan fingerprint density at radius 1 is 1.11 bits per heavy atom. The summed E-state index contributed by atoms with van der Waals surface area (Å²) in [6.07, 6.45) is 0.831. The Morgan fingerprint density at radius 3 is 2.68 bits per heavy atom. The number of amides is 1. The molecule has 194 valence electrons. The number of carbonyl (C=O) groups is 1. The van der Waals surface area contributed by atoms with E-state index in [0.717, 1.165) is 31.5 Å². The summed E-state index contributed by atoms with van der Waals surface area (Å²) in [5.74, 6) is -0.501. The molecule has 0 aromatic heterocycles. The molecule has 0 saturated carbocycles. The highest BCUT2D eigenvalue weighted by molar-refractivity contribution is 6.30. The molecule has 5 rings (SSSR count). The van der Waals surface area contributed by atoms with Gasteiger partial charge >= 0.3 is 0 Å². The molecule has 2 heterocycles. The van der Waals surface area contributed by atoms with Crippen molar-refractivity contribution in [2.45, 2.75) is 31.2 Å². The number of aromatic hydroxyl groups is 2. The quantitative estimate of drug-likeness (QED) is 0.342. The first-order valence-corrected chi connectivity index (χ1v) is 12.6. The molecule has 8 nitrogen and oxygen atoms in total. The molecule has 1 atom stereocenters. The summed E-state index contributed by atoms with van der Waals surface area (Å²) in [5, 5.41) is 33.9. The number of aliphatic hydroxyl groups is 1. The zero-order valence-corrected chi connectivity index (χ0v) is 20.9. The van der Waals surface area contributed by atoms with Crippen LogP contribution in [0.4, 0.5) is 5.69 Å². The van der Waals surface area contributed by atoms with Gasteiger partial charge in [-0.05, 0) is 60.4 Å². The largest absolute Gasteiger partial charge is 0.508 e. The van der Waals surface area contributed by atoms with Gasteiger partial charge < -0.3 is 35.0 Å². The van der Waals surface area contributed by atoms with Gasteiger partial charge in [0.1, 0.15) is 30.0 Å². The smallest absolute Gasteiger partial charge is 0.259 e. The second-order valence-corrected chi connectivity index (χ2v) is 9.94. The average molecular weight is 525 g/mol. The van der Waals surface area contributed by atoms with Crippen molar-refractivity contribution in [2.24, 2.45) is 0 Å². The number of benzene rings is 3. The zero-order chi connectivity index (χ0) is 26.0. The van der Waals surface area contributed by atoms with E-state index in [-0.39, 0.29) is 40.7 Å². The van der Waals surface area contributed by atoms with Crippen LogP contribution in [0.15, 0.2) is 60.7 Å². The molecule has 1 fully saturated rings. The third kappa shape index (κ3) is 5.52. The lowest BCUT2D eigenvalue weighted by atomic mass is 9.84. The lowest BCUT2D eigenvalue weighted by Crippen LogP contribution is -2.46. The summed E-state index contributed by atoms with van der Waals surface area (Å²) in [4.78, 5) is 15.0. The van der Waals surface area contributed by atoms with Crippen molar-refractivity contribution in [3.8, 4) is 17.2 Å². The maximum absolute atomic E-state index is 12.8. The van der Waals surface area contributed by atoms with E-state index in [2.05, 4.69) is 16.3 Å². The normalized spacial score (nSPS) is 17.4. The molecule has 9 heteroatoms. The first-order valence-electron chi connectivity index (χ1n) is 12.2. The van der Waals surface area contributed by atoms with Crippen LogP contribution in [-0.2, 0) is 16.9 Å². The molecule has 0 unspecified atom stereocenters. The molecule has 4 N–H and O–H groups in total. The minimum atomic E-state index is -0.805. The molecular weight excluding hydrogens is 496 g/mol. The van der Waals surface area contributed by atoms with E-state index in [1.165, 1.54) is 29.8 Å². The summed E-state index contributed by atoms with van der Waals surface area (Å²) in [5.41, 5.74) is 2.48. The van der Waals surface area contributed by atoms with E-state index < -0.39 is 12.0 Å². The minimum absolute atomic E-state index is 0.0558. The van der Waals surface area contributed by atoms with Crippen LogP contribution in [0.5, 0.6) is 17.2 Å². The van der Waals surface area contributed by atoms with E-state index in [9.17, 15) is 20.1 Å². The van der Waals surface area contributed by atoms with Crippen LogP contribution in [0.3, 0.4) is 0 Å². The molecule has 37 heavy (non-hydrogen) atoms. The molecule has 3 aromatic rings. The summed E-state index contributed by atoms with van der Waals surface area (Å²) in [7, 11) is 0. The van der Waals surface area contributed by atoms with Crippen LogP contribution in [0.1, 0.15) is 34.3 Å². The van der Waals surface area contributed by atoms with Gasteiger partial charge in [0.15, 0.2) is 0 Å². The standard InChI is InChI=1S/C28H29ClN2O6/c29-19-5-8-23-18(13-19)16-37-28(23)9-11-31(12-10-28)15-21(33)17-36-26-14-20(32)6-7-22(26)27(35)30-24-3-1-2-4-25(24)34/h1-8,13-14,21,32-34H,9-12,15-17H2,(H,30,35)/t21-/m0/s1. The topological polar surface area (TPSA) is 111 Å². The first-order chi connectivity index (χ1) is 17.8. The highest BCUT2D eigenvalue weighted by Gasteiger charge is 2.42. The van der Waals surface area contributed by atoms with Gasteiger partial charge in [-0.15, -0.1) is 0 Å². The van der Waals surface area contributed by atoms with Crippen LogP contribution in [-0.4, -0.2) is 58.5 Å². The Bertz CT molecular complexity index is 1290. The van der Waals surface area contributed by atoms with Crippen molar-refractivity contribution >= 4 is 23.2 Å². The number of halogens is 1. The van der Waals surface area contributed by atoms with Crippen molar-refractivity contribution in [3.05, 3.63) is 82.4 Å². The van der Waals surface area contributed by atoms with Gasteiger partial charge in [0.05, 0.1) is 23.5 Å². The van der Waals surface area contributed by atoms with Crippen molar-refractivity contribution in [1.82, 2.24) is 4.90 Å². The number of para-hydroxylation sites is 2. The van der Waals surface area contributed by atoms with Crippen LogP contribution >= 0.6 is 11.6 Å². The van der Waals surface area contributed by atoms with E-state index >= 15 is 0 Å². The van der Waals surface area contributed by atoms with Crippen molar-refractivity contribution in [1.29, 1.82) is 0 Å². The molecule has 0 radical (unpaired) electrons. The monoisotopic (exact) mass is 524 g/mol. The third-order valence-corrected chi connectivity index (χ3v) is 7.22. The average Bonchev–Trinajstić information content (AvgIpc) is 3.22. The fourth-order valence-electron chi connectivity index (χ4n) is 5.05. The summed E-state index contributed by atoms with van der Waals surface area (Å²) >= 11 is 6.13. The van der Waals surface area contributed by atoms with Crippen molar-refractivity contribution in [3.63, 3.8) is 0 Å². The number of nitrogens with zero attached hydrogens (tertiary/aromatic N) is 1. The Kier molecular flexibility index (Phi) is 7.26. The van der Waals surface area contributed by atoms with Crippen LogP contribution in [0.2, 0.25) is 5.02 Å². The number of hydrogen-bond acceptors (Lipinski definition) is 7. The second kappa shape index (κ2) is 10.6. The predicted octanol–water partition coefficient (Wildman–Crippen LogP) is 4.26. The number of phenolic OH excluding ortho intramolecular Hbond substituents is 2. The third-order valence-electron chi connectivity index (χ3n) is 6.99.